The molecule has 0 amide bonds. The topological polar surface area (TPSA) is 17.1 Å². The van der Waals surface area contributed by atoms with Gasteiger partial charge in [0.2, 0.25) is 0 Å². The average molecular weight is 343 g/mol. The third-order valence-corrected chi connectivity index (χ3v) is 5.66. The van der Waals surface area contributed by atoms with Crippen LogP contribution in [0.5, 0.6) is 0 Å². The molecule has 0 fully saturated rings. The van der Waals surface area contributed by atoms with Crippen molar-refractivity contribution in [3.63, 3.8) is 0 Å². The molecule has 0 unspecified atom stereocenters. The van der Waals surface area contributed by atoms with Crippen molar-refractivity contribution in [2.45, 2.75) is 116 Å². The van der Waals surface area contributed by atoms with Crippen LogP contribution in [-0.4, -0.2) is 17.8 Å². The van der Waals surface area contributed by atoms with Crippen LogP contribution in [0.15, 0.2) is 0 Å². The van der Waals surface area contributed by atoms with E-state index in [0.29, 0.717) is 0 Å². The predicted molar refractivity (Wildman–Crippen MR) is 108 cm³/mol. The molecular formula is C21H42OS. The van der Waals surface area contributed by atoms with Gasteiger partial charge in [-0.1, -0.05) is 90.4 Å². The van der Waals surface area contributed by atoms with Gasteiger partial charge in [-0.2, -0.15) is 11.8 Å². The van der Waals surface area contributed by atoms with Gasteiger partial charge in [-0.3, -0.25) is 0 Å². The van der Waals surface area contributed by atoms with Crippen LogP contribution in [0.25, 0.3) is 0 Å². The van der Waals surface area contributed by atoms with Crippen LogP contribution in [0.3, 0.4) is 0 Å². The van der Waals surface area contributed by atoms with E-state index < -0.39 is 0 Å². The van der Waals surface area contributed by atoms with Crippen molar-refractivity contribution in [1.82, 2.24) is 0 Å². The second-order valence-electron chi connectivity index (χ2n) is 6.87. The Labute approximate surface area is 150 Å². The fourth-order valence-corrected chi connectivity index (χ4v) is 3.95. The van der Waals surface area contributed by atoms with Crippen LogP contribution >= 0.6 is 11.8 Å². The largest absolute Gasteiger partial charge is 0.303 e. The monoisotopic (exact) mass is 342 g/mol. The zero-order chi connectivity index (χ0) is 16.8. The van der Waals surface area contributed by atoms with Crippen LogP contribution in [0.2, 0.25) is 0 Å². The summed E-state index contributed by atoms with van der Waals surface area (Å²) in [6, 6.07) is 0. The molecule has 23 heavy (non-hydrogen) atoms. The highest BCUT2D eigenvalue weighted by Crippen LogP contribution is 2.14. The highest BCUT2D eigenvalue weighted by atomic mass is 32.2. The summed E-state index contributed by atoms with van der Waals surface area (Å²) in [5, 5.41) is 0. The van der Waals surface area contributed by atoms with Crippen LogP contribution in [0, 0.1) is 0 Å². The highest BCUT2D eigenvalue weighted by molar-refractivity contribution is 7.99. The lowest BCUT2D eigenvalue weighted by molar-refractivity contribution is -0.107. The van der Waals surface area contributed by atoms with Gasteiger partial charge in [0.05, 0.1) is 0 Å². The van der Waals surface area contributed by atoms with Crippen molar-refractivity contribution in [1.29, 1.82) is 0 Å². The molecule has 0 saturated heterocycles. The fourth-order valence-electron chi connectivity index (χ4n) is 2.93. The van der Waals surface area contributed by atoms with Gasteiger partial charge in [-0.05, 0) is 30.8 Å². The number of unbranched alkanes of at least 4 members (excludes halogenated alkanes) is 15. The highest BCUT2D eigenvalue weighted by Gasteiger charge is 1.95. The maximum Gasteiger partial charge on any atom is 0.119 e. The average Bonchev–Trinajstić information content (AvgIpc) is 2.57. The van der Waals surface area contributed by atoms with Gasteiger partial charge < -0.3 is 4.79 Å². The molecule has 0 atom stereocenters. The quantitative estimate of drug-likeness (QED) is 0.168. The summed E-state index contributed by atoms with van der Waals surface area (Å²) in [6.45, 7) is 2.29. The third kappa shape index (κ3) is 22.0. The number of thioether (sulfide) groups is 1. The molecule has 2 heteroatoms. The first kappa shape index (κ1) is 23.0. The minimum absolute atomic E-state index is 0.749. The summed E-state index contributed by atoms with van der Waals surface area (Å²) in [7, 11) is 0. The molecular weight excluding hydrogens is 300 g/mol. The second-order valence-corrected chi connectivity index (χ2v) is 8.10. The van der Waals surface area contributed by atoms with E-state index in [4.69, 9.17) is 0 Å². The minimum Gasteiger partial charge on any atom is -0.303 e. The Morgan fingerprint density at radius 1 is 0.565 bits per heavy atom. The summed E-state index contributed by atoms with van der Waals surface area (Å²) < 4.78 is 0. The first-order valence-electron chi connectivity index (χ1n) is 10.4. The van der Waals surface area contributed by atoms with Gasteiger partial charge >= 0.3 is 0 Å². The van der Waals surface area contributed by atoms with Crippen molar-refractivity contribution >= 4 is 18.0 Å². The van der Waals surface area contributed by atoms with Gasteiger partial charge in [-0.25, -0.2) is 0 Å². The summed E-state index contributed by atoms with van der Waals surface area (Å²) in [5.74, 6) is 2.56. The van der Waals surface area contributed by atoms with E-state index in [9.17, 15) is 4.79 Å². The molecule has 0 aliphatic carbocycles. The van der Waals surface area contributed by atoms with Gasteiger partial charge in [0.15, 0.2) is 0 Å². The third-order valence-electron chi connectivity index (χ3n) is 4.50. The van der Waals surface area contributed by atoms with Gasteiger partial charge in [0.25, 0.3) is 0 Å². The SMILES string of the molecule is CCCCCCCCCCCCCCCCSCCCCC=O. The van der Waals surface area contributed by atoms with E-state index in [2.05, 4.69) is 18.7 Å². The molecule has 0 rings (SSSR count). The van der Waals surface area contributed by atoms with Gasteiger partial charge in [-0.15, -0.1) is 0 Å². The number of carbonyl (C=O) groups excluding carboxylic acids is 1. The molecule has 0 saturated carbocycles. The molecule has 0 N–H and O–H groups in total. The number of rotatable bonds is 20. The molecule has 0 radical (unpaired) electrons. The van der Waals surface area contributed by atoms with Crippen molar-refractivity contribution in [2.75, 3.05) is 11.5 Å². The molecule has 138 valence electrons. The number of hydrogen-bond donors (Lipinski definition) is 0. The van der Waals surface area contributed by atoms with Crippen LogP contribution in [0.4, 0.5) is 0 Å². The maximum absolute atomic E-state index is 10.2. The molecule has 0 aromatic rings. The Bertz CT molecular complexity index is 218. The van der Waals surface area contributed by atoms with E-state index in [1.54, 1.807) is 0 Å². The molecule has 0 aromatic carbocycles. The van der Waals surface area contributed by atoms with Crippen molar-refractivity contribution in [3.8, 4) is 0 Å². The summed E-state index contributed by atoms with van der Waals surface area (Å²) in [5.41, 5.74) is 0. The Kier molecular flexibility index (Phi) is 22.0. The Morgan fingerprint density at radius 3 is 1.39 bits per heavy atom. The van der Waals surface area contributed by atoms with Crippen LogP contribution in [-0.2, 0) is 4.79 Å². The summed E-state index contributed by atoms with van der Waals surface area (Å²) >= 11 is 2.07. The van der Waals surface area contributed by atoms with Gasteiger partial charge in [0, 0.05) is 6.42 Å². The van der Waals surface area contributed by atoms with Crippen molar-refractivity contribution in [3.05, 3.63) is 0 Å². The van der Waals surface area contributed by atoms with E-state index in [1.165, 1.54) is 108 Å². The lowest BCUT2D eigenvalue weighted by Crippen LogP contribution is -1.87. The Morgan fingerprint density at radius 2 is 0.957 bits per heavy atom. The summed E-state index contributed by atoms with van der Waals surface area (Å²) in [4.78, 5) is 10.2. The second kappa shape index (κ2) is 22.0. The van der Waals surface area contributed by atoms with E-state index in [0.717, 1.165) is 19.1 Å². The van der Waals surface area contributed by atoms with Crippen LogP contribution in [0.1, 0.15) is 116 Å². The first-order valence-corrected chi connectivity index (χ1v) is 11.6. The molecule has 0 aromatic heterocycles. The molecule has 0 spiro atoms. The van der Waals surface area contributed by atoms with Crippen molar-refractivity contribution < 1.29 is 4.79 Å². The predicted octanol–water partition coefficient (Wildman–Crippen LogP) is 7.57. The minimum atomic E-state index is 0.749. The zero-order valence-electron chi connectivity index (χ0n) is 15.8. The summed E-state index contributed by atoms with van der Waals surface area (Å²) in [6.07, 6.45) is 24.2. The van der Waals surface area contributed by atoms with Gasteiger partial charge in [0.1, 0.15) is 6.29 Å². The molecule has 0 heterocycles. The molecule has 1 nitrogen and oxygen atoms in total. The van der Waals surface area contributed by atoms with E-state index >= 15 is 0 Å². The molecule has 0 aliphatic rings. The number of carbonyl (C=O) groups is 1. The lowest BCUT2D eigenvalue weighted by Gasteiger charge is -2.03. The normalized spacial score (nSPS) is 11.0. The number of hydrogen-bond acceptors (Lipinski definition) is 2. The Hall–Kier alpha value is 0.0200. The van der Waals surface area contributed by atoms with E-state index in [1.807, 2.05) is 0 Å². The molecule has 0 aliphatic heterocycles. The van der Waals surface area contributed by atoms with Crippen LogP contribution < -0.4 is 0 Å². The standard InChI is InChI=1S/C21H42OS/c1-2-3-4-5-6-7-8-9-10-11-12-13-14-17-20-23-21-18-15-16-19-22/h19H,2-18,20-21H2,1H3. The van der Waals surface area contributed by atoms with Crippen molar-refractivity contribution in [2.24, 2.45) is 0 Å². The first-order chi connectivity index (χ1) is 11.4. The Balaban J connectivity index is 2.93. The number of aldehydes is 1. The zero-order valence-corrected chi connectivity index (χ0v) is 16.6. The lowest BCUT2D eigenvalue weighted by atomic mass is 10.0. The smallest absolute Gasteiger partial charge is 0.119 e. The fraction of sp³-hybridized carbons (Fsp3) is 0.952. The van der Waals surface area contributed by atoms with E-state index in [-0.39, 0.29) is 0 Å². The maximum atomic E-state index is 10.2. The molecule has 0 bridgehead atoms.